The molecule has 0 aliphatic heterocycles. The van der Waals surface area contributed by atoms with Crippen molar-refractivity contribution in [2.75, 3.05) is 6.61 Å². The van der Waals surface area contributed by atoms with Gasteiger partial charge in [0.15, 0.2) is 11.8 Å². The Morgan fingerprint density at radius 1 is 1.19 bits per heavy atom. The number of ether oxygens (including phenoxy) is 1. The third-order valence-corrected chi connectivity index (χ3v) is 4.88. The molecule has 0 unspecified atom stereocenters. The summed E-state index contributed by atoms with van der Waals surface area (Å²) >= 11 is 6.07. The number of H-pyrrole nitrogens is 1. The van der Waals surface area contributed by atoms with Gasteiger partial charge >= 0.3 is 5.97 Å². The molecule has 0 bridgehead atoms. The van der Waals surface area contributed by atoms with Crippen LogP contribution in [0.25, 0.3) is 11.1 Å². The van der Waals surface area contributed by atoms with Gasteiger partial charge in [-0.2, -0.15) is 15.4 Å². The summed E-state index contributed by atoms with van der Waals surface area (Å²) < 4.78 is 4.87. The summed E-state index contributed by atoms with van der Waals surface area (Å²) in [5, 5.41) is 23.4. The molecule has 0 saturated carbocycles. The molecule has 9 heteroatoms. The van der Waals surface area contributed by atoms with E-state index in [1.165, 1.54) is 6.20 Å². The van der Waals surface area contributed by atoms with Gasteiger partial charge in [0.05, 0.1) is 12.8 Å². The fourth-order valence-electron chi connectivity index (χ4n) is 3.15. The molecule has 1 heterocycles. The first-order valence-corrected chi connectivity index (χ1v) is 10.2. The molecular weight excluding hydrogens is 420 g/mol. The van der Waals surface area contributed by atoms with E-state index in [2.05, 4.69) is 20.7 Å². The lowest BCUT2D eigenvalue weighted by Gasteiger charge is -2.21. The van der Waals surface area contributed by atoms with Crippen LogP contribution in [0.15, 0.2) is 54.7 Å². The third kappa shape index (κ3) is 6.37. The smallest absolute Gasteiger partial charge is 0.335 e. The number of esters is 1. The average molecular weight is 443 g/mol. The summed E-state index contributed by atoms with van der Waals surface area (Å²) in [6.45, 7) is 1.83. The van der Waals surface area contributed by atoms with E-state index < -0.39 is 24.0 Å². The number of carbonyl (C=O) groups is 2. The van der Waals surface area contributed by atoms with Crippen molar-refractivity contribution in [2.45, 2.75) is 31.9 Å². The number of hydrogen-bond donors (Lipinski definition) is 3. The lowest BCUT2D eigenvalue weighted by molar-refractivity contribution is -0.153. The Morgan fingerprint density at radius 3 is 2.61 bits per heavy atom. The Labute approximate surface area is 184 Å². The number of amides is 1. The first kappa shape index (κ1) is 22.5. The van der Waals surface area contributed by atoms with Crippen LogP contribution in [0.4, 0.5) is 0 Å². The lowest BCUT2D eigenvalue weighted by Crippen LogP contribution is -2.41. The van der Waals surface area contributed by atoms with Crippen molar-refractivity contribution in [3.63, 3.8) is 0 Å². The number of benzene rings is 2. The summed E-state index contributed by atoms with van der Waals surface area (Å²) in [5.41, 5.74) is 3.04. The Hall–Kier alpha value is -3.23. The number of nitrogens with one attached hydrogen (secondary N) is 2. The van der Waals surface area contributed by atoms with E-state index in [1.54, 1.807) is 6.92 Å². The number of hydrogen-bond acceptors (Lipinski definition) is 6. The number of nitrogens with zero attached hydrogens (tertiary/aromatic N) is 2. The zero-order valence-electron chi connectivity index (χ0n) is 16.9. The fourth-order valence-corrected chi connectivity index (χ4v) is 3.34. The zero-order valence-corrected chi connectivity index (χ0v) is 17.7. The molecular formula is C22H23ClN4O4. The van der Waals surface area contributed by atoms with Gasteiger partial charge in [0.2, 0.25) is 0 Å². The molecule has 31 heavy (non-hydrogen) atoms. The van der Waals surface area contributed by atoms with E-state index in [0.717, 1.165) is 16.7 Å². The van der Waals surface area contributed by atoms with Crippen LogP contribution < -0.4 is 5.32 Å². The Balaban J connectivity index is 1.73. The lowest BCUT2D eigenvalue weighted by atomic mass is 9.97. The second-order valence-electron chi connectivity index (χ2n) is 6.94. The number of carbonyl (C=O) groups excluding carboxylic acids is 2. The van der Waals surface area contributed by atoms with Gasteiger partial charge in [-0.15, -0.1) is 0 Å². The van der Waals surface area contributed by atoms with Gasteiger partial charge in [0.1, 0.15) is 0 Å². The minimum absolute atomic E-state index is 0.00152. The summed E-state index contributed by atoms with van der Waals surface area (Å²) in [4.78, 5) is 24.3. The van der Waals surface area contributed by atoms with Crippen LogP contribution in [0, 0.1) is 0 Å². The second kappa shape index (κ2) is 10.7. The quantitative estimate of drug-likeness (QED) is 0.439. The van der Waals surface area contributed by atoms with Crippen LogP contribution in [0.5, 0.6) is 0 Å². The molecule has 8 nitrogen and oxygen atoms in total. The number of aromatic amines is 1. The molecule has 0 radical (unpaired) electrons. The highest BCUT2D eigenvalue weighted by atomic mass is 35.5. The van der Waals surface area contributed by atoms with Crippen LogP contribution in [-0.4, -0.2) is 51.1 Å². The number of halogens is 1. The number of aromatic nitrogens is 3. The monoisotopic (exact) mass is 442 g/mol. The molecule has 0 aliphatic rings. The van der Waals surface area contributed by atoms with Gasteiger partial charge in [-0.25, -0.2) is 4.79 Å². The standard InChI is InChI=1S/C22H23ClN4O4/c1-2-31-22(30)20(28)12-18(25-21(29)19-13-24-27-26-19)10-14-6-8-15(9-7-14)16-4-3-5-17(23)11-16/h3-9,11,13,18,20,28H,2,10,12H2,1H3,(H,25,29)(H,24,26,27)/t18-,20-/m1/s1. The molecule has 0 saturated heterocycles. The second-order valence-corrected chi connectivity index (χ2v) is 7.38. The summed E-state index contributed by atoms with van der Waals surface area (Å²) in [5.74, 6) is -1.18. The van der Waals surface area contributed by atoms with Crippen molar-refractivity contribution < 1.29 is 19.4 Å². The van der Waals surface area contributed by atoms with Crippen LogP contribution in [-0.2, 0) is 16.0 Å². The van der Waals surface area contributed by atoms with Crippen molar-refractivity contribution in [1.29, 1.82) is 0 Å². The molecule has 1 amide bonds. The maximum atomic E-state index is 12.4. The van der Waals surface area contributed by atoms with Gasteiger partial charge in [0.25, 0.3) is 5.91 Å². The minimum Gasteiger partial charge on any atom is -0.464 e. The maximum absolute atomic E-state index is 12.4. The summed E-state index contributed by atoms with van der Waals surface area (Å²) in [7, 11) is 0. The predicted molar refractivity (Wildman–Crippen MR) is 115 cm³/mol. The van der Waals surface area contributed by atoms with Crippen LogP contribution in [0.3, 0.4) is 0 Å². The maximum Gasteiger partial charge on any atom is 0.335 e. The van der Waals surface area contributed by atoms with Crippen LogP contribution in [0.1, 0.15) is 29.4 Å². The van der Waals surface area contributed by atoms with Crippen LogP contribution >= 0.6 is 11.6 Å². The molecule has 0 aliphatic carbocycles. The van der Waals surface area contributed by atoms with E-state index in [0.29, 0.717) is 11.4 Å². The van der Waals surface area contributed by atoms with Crippen molar-refractivity contribution in [3.05, 3.63) is 71.0 Å². The molecule has 162 valence electrons. The van der Waals surface area contributed by atoms with Crippen molar-refractivity contribution >= 4 is 23.5 Å². The SMILES string of the molecule is CCOC(=O)[C@H](O)C[C@@H](Cc1ccc(-c2cccc(Cl)c2)cc1)NC(=O)c1cn[nH]n1. The van der Waals surface area contributed by atoms with Gasteiger partial charge in [-0.3, -0.25) is 4.79 Å². The van der Waals surface area contributed by atoms with E-state index in [4.69, 9.17) is 16.3 Å². The normalized spacial score (nSPS) is 12.7. The molecule has 0 fully saturated rings. The van der Waals surface area contributed by atoms with Gasteiger partial charge in [0, 0.05) is 17.5 Å². The first-order chi connectivity index (χ1) is 15.0. The highest BCUT2D eigenvalue weighted by Gasteiger charge is 2.24. The number of rotatable bonds is 9. The molecule has 2 aromatic carbocycles. The van der Waals surface area contributed by atoms with Crippen molar-refractivity contribution in [3.8, 4) is 11.1 Å². The summed E-state index contributed by atoms with van der Waals surface area (Å²) in [6.07, 6.45) is 0.343. The van der Waals surface area contributed by atoms with E-state index >= 15 is 0 Å². The van der Waals surface area contributed by atoms with E-state index in [9.17, 15) is 14.7 Å². The van der Waals surface area contributed by atoms with E-state index in [-0.39, 0.29) is 18.7 Å². The molecule has 3 aromatic rings. The highest BCUT2D eigenvalue weighted by Crippen LogP contribution is 2.23. The zero-order chi connectivity index (χ0) is 22.2. The predicted octanol–water partition coefficient (Wildman–Crippen LogP) is 2.78. The number of aliphatic hydroxyl groups excluding tert-OH is 1. The van der Waals surface area contributed by atoms with Crippen molar-refractivity contribution in [1.82, 2.24) is 20.7 Å². The summed E-state index contributed by atoms with van der Waals surface area (Å²) in [6, 6.07) is 14.8. The Kier molecular flexibility index (Phi) is 7.75. The molecule has 3 N–H and O–H groups in total. The Morgan fingerprint density at radius 2 is 1.97 bits per heavy atom. The highest BCUT2D eigenvalue weighted by molar-refractivity contribution is 6.30. The van der Waals surface area contributed by atoms with Gasteiger partial charge < -0.3 is 15.2 Å². The van der Waals surface area contributed by atoms with Gasteiger partial charge in [-0.05, 0) is 42.2 Å². The van der Waals surface area contributed by atoms with Crippen LogP contribution in [0.2, 0.25) is 5.02 Å². The molecule has 2 atom stereocenters. The Bertz CT molecular complexity index is 1010. The fraction of sp³-hybridized carbons (Fsp3) is 0.273. The topological polar surface area (TPSA) is 117 Å². The molecule has 1 aromatic heterocycles. The largest absolute Gasteiger partial charge is 0.464 e. The minimum atomic E-state index is -1.35. The first-order valence-electron chi connectivity index (χ1n) is 9.82. The van der Waals surface area contributed by atoms with Gasteiger partial charge in [-0.1, -0.05) is 48.0 Å². The molecule has 0 spiro atoms. The van der Waals surface area contributed by atoms with Crippen molar-refractivity contribution in [2.24, 2.45) is 0 Å². The average Bonchev–Trinajstić information content (AvgIpc) is 3.29. The third-order valence-electron chi connectivity index (χ3n) is 4.64. The number of aliphatic hydroxyl groups is 1. The molecule has 3 rings (SSSR count). The van der Waals surface area contributed by atoms with E-state index in [1.807, 2.05) is 48.5 Å².